The van der Waals surface area contributed by atoms with Crippen molar-refractivity contribution < 1.29 is 4.79 Å². The molecule has 0 aromatic rings. The Labute approximate surface area is 72.7 Å². The van der Waals surface area contributed by atoms with Gasteiger partial charge in [-0.25, -0.2) is 0 Å². The number of hydrogen-bond acceptors (Lipinski definition) is 2. The summed E-state index contributed by atoms with van der Waals surface area (Å²) >= 11 is 0. The second-order valence-electron chi connectivity index (χ2n) is 3.97. The number of piperidine rings is 1. The van der Waals surface area contributed by atoms with Crippen molar-refractivity contribution in [1.82, 2.24) is 5.32 Å². The minimum Gasteiger partial charge on any atom is -0.353 e. The third kappa shape index (κ3) is 1.33. The van der Waals surface area contributed by atoms with Crippen molar-refractivity contribution >= 4 is 5.91 Å². The minimum atomic E-state index is 0.213. The van der Waals surface area contributed by atoms with Gasteiger partial charge in [-0.05, 0) is 31.6 Å². The monoisotopic (exact) mass is 168 g/mol. The molecular formula is C9H16N2O. The molecule has 0 spiro atoms. The summed E-state index contributed by atoms with van der Waals surface area (Å²) in [6.45, 7) is 0. The maximum Gasteiger partial charge on any atom is 0.220 e. The van der Waals surface area contributed by atoms with Crippen LogP contribution in [0.3, 0.4) is 0 Å². The molecule has 68 valence electrons. The van der Waals surface area contributed by atoms with Crippen LogP contribution in [0.1, 0.15) is 32.1 Å². The van der Waals surface area contributed by atoms with Gasteiger partial charge in [-0.3, -0.25) is 4.79 Å². The van der Waals surface area contributed by atoms with E-state index in [2.05, 4.69) is 5.32 Å². The normalized spacial score (nSPS) is 41.8. The van der Waals surface area contributed by atoms with Gasteiger partial charge in [0.15, 0.2) is 0 Å². The summed E-state index contributed by atoms with van der Waals surface area (Å²) in [6.07, 6.45) is 5.11. The lowest BCUT2D eigenvalue weighted by molar-refractivity contribution is -0.125. The lowest BCUT2D eigenvalue weighted by Gasteiger charge is -2.39. The average molecular weight is 168 g/mol. The summed E-state index contributed by atoms with van der Waals surface area (Å²) in [4.78, 5) is 11.1. The molecule has 0 radical (unpaired) electrons. The number of nitrogens with one attached hydrogen (secondary N) is 1. The predicted octanol–water partition coefficient (Wildman–Crippen LogP) is 0.392. The number of nitrogens with two attached hydrogens (primary N) is 1. The summed E-state index contributed by atoms with van der Waals surface area (Å²) in [5, 5.41) is 3.03. The van der Waals surface area contributed by atoms with E-state index in [9.17, 15) is 4.79 Å². The maximum atomic E-state index is 11.1. The van der Waals surface area contributed by atoms with Crippen LogP contribution < -0.4 is 11.1 Å². The molecule has 3 heteroatoms. The highest BCUT2D eigenvalue weighted by atomic mass is 16.1. The summed E-state index contributed by atoms with van der Waals surface area (Å²) < 4.78 is 0. The number of amides is 1. The van der Waals surface area contributed by atoms with Crippen molar-refractivity contribution in [2.75, 3.05) is 0 Å². The van der Waals surface area contributed by atoms with Crippen molar-refractivity contribution in [1.29, 1.82) is 0 Å². The van der Waals surface area contributed by atoms with Crippen LogP contribution in [-0.4, -0.2) is 18.0 Å². The molecule has 2 aliphatic rings. The Morgan fingerprint density at radius 2 is 2.17 bits per heavy atom. The van der Waals surface area contributed by atoms with E-state index in [4.69, 9.17) is 5.73 Å². The van der Waals surface area contributed by atoms with Gasteiger partial charge in [0, 0.05) is 18.5 Å². The van der Waals surface area contributed by atoms with Gasteiger partial charge in [-0.15, -0.1) is 0 Å². The van der Waals surface area contributed by atoms with Crippen molar-refractivity contribution in [3.8, 4) is 0 Å². The maximum absolute atomic E-state index is 11.1. The Balaban J connectivity index is 2.04. The van der Waals surface area contributed by atoms with Crippen LogP contribution in [0.15, 0.2) is 0 Å². The smallest absolute Gasteiger partial charge is 0.220 e. The number of carbonyl (C=O) groups excluding carboxylic acids is 1. The molecule has 1 aliphatic carbocycles. The van der Waals surface area contributed by atoms with Gasteiger partial charge in [-0.1, -0.05) is 0 Å². The van der Waals surface area contributed by atoms with Crippen LogP contribution in [0.25, 0.3) is 0 Å². The van der Waals surface area contributed by atoms with E-state index in [0.29, 0.717) is 24.4 Å². The van der Waals surface area contributed by atoms with Crippen LogP contribution in [0.2, 0.25) is 0 Å². The zero-order valence-electron chi connectivity index (χ0n) is 7.25. The standard InChI is InChI=1S/C9H16N2O/c10-7-2-1-3-8-6(7)4-5-9(12)11-8/h6-8H,1-5,10H2,(H,11,12)/t6-,7-,8+/m1/s1. The number of carbonyl (C=O) groups is 1. The van der Waals surface area contributed by atoms with Crippen LogP contribution in [0, 0.1) is 5.92 Å². The minimum absolute atomic E-state index is 0.213. The Hall–Kier alpha value is -0.570. The Morgan fingerprint density at radius 1 is 1.33 bits per heavy atom. The van der Waals surface area contributed by atoms with Crippen LogP contribution in [0.5, 0.6) is 0 Å². The molecule has 0 aromatic heterocycles. The summed E-state index contributed by atoms with van der Waals surface area (Å²) in [5.74, 6) is 0.766. The highest BCUT2D eigenvalue weighted by Gasteiger charge is 2.35. The van der Waals surface area contributed by atoms with Gasteiger partial charge >= 0.3 is 0 Å². The Morgan fingerprint density at radius 3 is 3.00 bits per heavy atom. The molecule has 1 saturated carbocycles. The van der Waals surface area contributed by atoms with E-state index in [1.165, 1.54) is 6.42 Å². The second-order valence-corrected chi connectivity index (χ2v) is 3.97. The van der Waals surface area contributed by atoms with E-state index in [0.717, 1.165) is 19.3 Å². The SMILES string of the molecule is N[C@@H]1CCC[C@@H]2NC(=O)CC[C@H]12. The number of fused-ring (bicyclic) bond motifs is 1. The quantitative estimate of drug-likeness (QED) is 0.550. The van der Waals surface area contributed by atoms with E-state index in [1.807, 2.05) is 0 Å². The van der Waals surface area contributed by atoms with Gasteiger partial charge in [0.2, 0.25) is 5.91 Å². The van der Waals surface area contributed by atoms with Gasteiger partial charge in [0.25, 0.3) is 0 Å². The van der Waals surface area contributed by atoms with Crippen LogP contribution in [0.4, 0.5) is 0 Å². The molecule has 12 heavy (non-hydrogen) atoms. The third-order valence-electron chi connectivity index (χ3n) is 3.17. The highest BCUT2D eigenvalue weighted by Crippen LogP contribution is 2.29. The Bertz CT molecular complexity index is 193. The highest BCUT2D eigenvalue weighted by molar-refractivity contribution is 5.77. The van der Waals surface area contributed by atoms with E-state index < -0.39 is 0 Å². The number of hydrogen-bond donors (Lipinski definition) is 2. The molecule has 0 unspecified atom stereocenters. The Kier molecular flexibility index (Phi) is 2.05. The van der Waals surface area contributed by atoms with E-state index >= 15 is 0 Å². The molecule has 3 nitrogen and oxygen atoms in total. The van der Waals surface area contributed by atoms with Gasteiger partial charge in [0.1, 0.15) is 0 Å². The molecule has 1 saturated heterocycles. The van der Waals surface area contributed by atoms with Crippen LogP contribution in [-0.2, 0) is 4.79 Å². The van der Waals surface area contributed by atoms with E-state index in [1.54, 1.807) is 0 Å². The van der Waals surface area contributed by atoms with Gasteiger partial charge < -0.3 is 11.1 Å². The molecule has 3 atom stereocenters. The predicted molar refractivity (Wildman–Crippen MR) is 46.5 cm³/mol. The second kappa shape index (κ2) is 3.05. The number of rotatable bonds is 0. The molecule has 0 bridgehead atoms. The molecule has 3 N–H and O–H groups in total. The topological polar surface area (TPSA) is 55.1 Å². The first-order chi connectivity index (χ1) is 5.77. The summed E-state index contributed by atoms with van der Waals surface area (Å²) in [5.41, 5.74) is 5.98. The molecule has 1 heterocycles. The first-order valence-corrected chi connectivity index (χ1v) is 4.82. The van der Waals surface area contributed by atoms with Gasteiger partial charge in [-0.2, -0.15) is 0 Å². The zero-order valence-corrected chi connectivity index (χ0v) is 7.25. The fourth-order valence-corrected chi connectivity index (χ4v) is 2.47. The molecule has 0 aromatic carbocycles. The molecule has 1 amide bonds. The largest absolute Gasteiger partial charge is 0.353 e. The summed E-state index contributed by atoms with van der Waals surface area (Å²) in [6, 6.07) is 0.708. The first kappa shape index (κ1) is 8.05. The lowest BCUT2D eigenvalue weighted by Crippen LogP contribution is -2.53. The van der Waals surface area contributed by atoms with Crippen molar-refractivity contribution in [2.45, 2.75) is 44.2 Å². The van der Waals surface area contributed by atoms with Crippen molar-refractivity contribution in [3.63, 3.8) is 0 Å². The third-order valence-corrected chi connectivity index (χ3v) is 3.17. The molecule has 2 rings (SSSR count). The molecule has 2 fully saturated rings. The lowest BCUT2D eigenvalue weighted by atomic mass is 9.76. The van der Waals surface area contributed by atoms with Crippen molar-refractivity contribution in [3.05, 3.63) is 0 Å². The van der Waals surface area contributed by atoms with Gasteiger partial charge in [0.05, 0.1) is 0 Å². The fraction of sp³-hybridized carbons (Fsp3) is 0.889. The van der Waals surface area contributed by atoms with Crippen LogP contribution >= 0.6 is 0 Å². The zero-order chi connectivity index (χ0) is 8.55. The fourth-order valence-electron chi connectivity index (χ4n) is 2.47. The van der Waals surface area contributed by atoms with E-state index in [-0.39, 0.29) is 5.91 Å². The van der Waals surface area contributed by atoms with Crippen molar-refractivity contribution in [2.24, 2.45) is 11.7 Å². The molecule has 1 aliphatic heterocycles. The molecular weight excluding hydrogens is 152 g/mol. The average Bonchev–Trinajstić information content (AvgIpc) is 2.04. The first-order valence-electron chi connectivity index (χ1n) is 4.82. The summed E-state index contributed by atoms with van der Waals surface area (Å²) in [7, 11) is 0.